The zero-order valence-electron chi connectivity index (χ0n) is 12.7. The molecule has 0 amide bonds. The van der Waals surface area contributed by atoms with E-state index in [0.29, 0.717) is 0 Å². The predicted octanol–water partition coefficient (Wildman–Crippen LogP) is 5.29. The highest BCUT2D eigenvalue weighted by Crippen LogP contribution is 2.29. The summed E-state index contributed by atoms with van der Waals surface area (Å²) in [7, 11) is 0. The van der Waals surface area contributed by atoms with Crippen LogP contribution in [-0.2, 0) is 0 Å². The molecule has 1 unspecified atom stereocenters. The SMILES string of the molecule is CCCNC(c1cccc(F)c1)c1cc(C)c(Br)cc1C. The zero-order chi connectivity index (χ0) is 15.4. The molecule has 112 valence electrons. The Morgan fingerprint density at radius 1 is 1.14 bits per heavy atom. The van der Waals surface area contributed by atoms with Gasteiger partial charge in [-0.25, -0.2) is 4.39 Å². The summed E-state index contributed by atoms with van der Waals surface area (Å²) in [5.74, 6) is -0.192. The number of hydrogen-bond acceptors (Lipinski definition) is 1. The molecule has 0 fully saturated rings. The molecule has 0 aromatic heterocycles. The summed E-state index contributed by atoms with van der Waals surface area (Å²) >= 11 is 3.57. The third-order valence-corrected chi connectivity index (χ3v) is 4.49. The van der Waals surface area contributed by atoms with E-state index in [1.165, 1.54) is 22.8 Å². The van der Waals surface area contributed by atoms with Crippen molar-refractivity contribution in [3.8, 4) is 0 Å². The second kappa shape index (κ2) is 7.19. The van der Waals surface area contributed by atoms with Crippen molar-refractivity contribution in [1.82, 2.24) is 5.32 Å². The minimum absolute atomic E-state index is 0.0208. The van der Waals surface area contributed by atoms with Crippen LogP contribution < -0.4 is 5.32 Å². The number of aryl methyl sites for hydroxylation is 2. The van der Waals surface area contributed by atoms with E-state index < -0.39 is 0 Å². The van der Waals surface area contributed by atoms with Gasteiger partial charge in [0.1, 0.15) is 5.82 Å². The van der Waals surface area contributed by atoms with Crippen molar-refractivity contribution in [2.75, 3.05) is 6.54 Å². The Morgan fingerprint density at radius 3 is 2.57 bits per heavy atom. The van der Waals surface area contributed by atoms with E-state index >= 15 is 0 Å². The molecule has 2 rings (SSSR count). The Hall–Kier alpha value is -1.19. The standard InChI is InChI=1S/C18H21BrFN/c1-4-8-21-18(14-6-5-7-15(20)11-14)16-9-13(3)17(19)10-12(16)2/h5-7,9-11,18,21H,4,8H2,1-3H3. The molecule has 1 atom stereocenters. The zero-order valence-corrected chi connectivity index (χ0v) is 14.3. The number of nitrogens with one attached hydrogen (secondary N) is 1. The first-order valence-electron chi connectivity index (χ1n) is 7.28. The second-order valence-electron chi connectivity index (χ2n) is 5.40. The van der Waals surface area contributed by atoms with Crippen molar-refractivity contribution in [2.45, 2.75) is 33.2 Å². The van der Waals surface area contributed by atoms with E-state index in [1.54, 1.807) is 12.1 Å². The van der Waals surface area contributed by atoms with Gasteiger partial charge in [0.15, 0.2) is 0 Å². The first kappa shape index (κ1) is 16.2. The molecule has 21 heavy (non-hydrogen) atoms. The lowest BCUT2D eigenvalue weighted by Crippen LogP contribution is -2.24. The average molecular weight is 350 g/mol. The van der Waals surface area contributed by atoms with Gasteiger partial charge in [0.25, 0.3) is 0 Å². The lowest BCUT2D eigenvalue weighted by Gasteiger charge is -2.22. The minimum Gasteiger partial charge on any atom is -0.306 e. The van der Waals surface area contributed by atoms with Gasteiger partial charge < -0.3 is 5.32 Å². The van der Waals surface area contributed by atoms with Crippen molar-refractivity contribution >= 4 is 15.9 Å². The van der Waals surface area contributed by atoms with E-state index in [-0.39, 0.29) is 11.9 Å². The fourth-order valence-corrected chi connectivity index (χ4v) is 2.95. The highest BCUT2D eigenvalue weighted by Gasteiger charge is 2.17. The van der Waals surface area contributed by atoms with Gasteiger partial charge in [-0.15, -0.1) is 0 Å². The summed E-state index contributed by atoms with van der Waals surface area (Å²) < 4.78 is 14.7. The second-order valence-corrected chi connectivity index (χ2v) is 6.25. The van der Waals surface area contributed by atoms with Crippen LogP contribution in [0.5, 0.6) is 0 Å². The minimum atomic E-state index is -0.192. The molecular weight excluding hydrogens is 329 g/mol. The molecule has 0 aliphatic heterocycles. The summed E-state index contributed by atoms with van der Waals surface area (Å²) in [6.07, 6.45) is 1.04. The van der Waals surface area contributed by atoms with Crippen LogP contribution in [0.1, 0.15) is 41.6 Å². The molecule has 3 heteroatoms. The summed E-state index contributed by atoms with van der Waals surface area (Å²) in [6.45, 7) is 7.21. The van der Waals surface area contributed by atoms with Crippen molar-refractivity contribution in [1.29, 1.82) is 0 Å². The lowest BCUT2D eigenvalue weighted by atomic mass is 9.93. The molecule has 0 heterocycles. The predicted molar refractivity (Wildman–Crippen MR) is 90.2 cm³/mol. The van der Waals surface area contributed by atoms with E-state index in [2.05, 4.69) is 54.2 Å². The Balaban J connectivity index is 2.47. The van der Waals surface area contributed by atoms with Crippen LogP contribution in [-0.4, -0.2) is 6.54 Å². The van der Waals surface area contributed by atoms with Gasteiger partial charge in [-0.05, 0) is 67.3 Å². The first-order chi connectivity index (χ1) is 10.0. The maximum Gasteiger partial charge on any atom is 0.123 e. The van der Waals surface area contributed by atoms with E-state index in [1.807, 2.05) is 6.07 Å². The van der Waals surface area contributed by atoms with Gasteiger partial charge >= 0.3 is 0 Å². The summed E-state index contributed by atoms with van der Waals surface area (Å²) in [4.78, 5) is 0. The van der Waals surface area contributed by atoms with Crippen LogP contribution in [0.3, 0.4) is 0 Å². The van der Waals surface area contributed by atoms with E-state index in [9.17, 15) is 4.39 Å². The monoisotopic (exact) mass is 349 g/mol. The maximum atomic E-state index is 13.6. The van der Waals surface area contributed by atoms with Crippen molar-refractivity contribution in [3.63, 3.8) is 0 Å². The smallest absolute Gasteiger partial charge is 0.123 e. The Bertz CT molecular complexity index is 625. The fraction of sp³-hybridized carbons (Fsp3) is 0.333. The van der Waals surface area contributed by atoms with Crippen LogP contribution in [0.15, 0.2) is 40.9 Å². The van der Waals surface area contributed by atoms with E-state index in [4.69, 9.17) is 0 Å². The molecule has 0 saturated heterocycles. The van der Waals surface area contributed by atoms with E-state index in [0.717, 1.165) is 23.0 Å². The molecule has 0 bridgehead atoms. The summed E-state index contributed by atoms with van der Waals surface area (Å²) in [6, 6.07) is 11.2. The lowest BCUT2D eigenvalue weighted by molar-refractivity contribution is 0.583. The maximum absolute atomic E-state index is 13.6. The fourth-order valence-electron chi connectivity index (χ4n) is 2.50. The van der Waals surface area contributed by atoms with Crippen LogP contribution in [0.25, 0.3) is 0 Å². The highest BCUT2D eigenvalue weighted by molar-refractivity contribution is 9.10. The van der Waals surface area contributed by atoms with Gasteiger partial charge in [-0.1, -0.05) is 41.1 Å². The quantitative estimate of drug-likeness (QED) is 0.772. The topological polar surface area (TPSA) is 12.0 Å². The Morgan fingerprint density at radius 2 is 1.90 bits per heavy atom. The molecule has 0 saturated carbocycles. The van der Waals surface area contributed by atoms with Gasteiger partial charge in [-0.3, -0.25) is 0 Å². The molecule has 0 aliphatic carbocycles. The van der Waals surface area contributed by atoms with Crippen LogP contribution in [0.4, 0.5) is 4.39 Å². The van der Waals surface area contributed by atoms with Crippen LogP contribution >= 0.6 is 15.9 Å². The Labute approximate surface area is 134 Å². The molecule has 0 radical (unpaired) electrons. The molecule has 0 spiro atoms. The molecule has 0 aliphatic rings. The van der Waals surface area contributed by atoms with Crippen LogP contribution in [0, 0.1) is 19.7 Å². The normalized spacial score (nSPS) is 12.4. The Kier molecular flexibility index (Phi) is 5.54. The van der Waals surface area contributed by atoms with Gasteiger partial charge in [0, 0.05) is 4.47 Å². The first-order valence-corrected chi connectivity index (χ1v) is 8.07. The molecular formula is C18H21BrFN. The summed E-state index contributed by atoms with van der Waals surface area (Å²) in [5.41, 5.74) is 4.56. The highest BCUT2D eigenvalue weighted by atomic mass is 79.9. The number of benzene rings is 2. The van der Waals surface area contributed by atoms with Gasteiger partial charge in [-0.2, -0.15) is 0 Å². The van der Waals surface area contributed by atoms with Crippen molar-refractivity contribution < 1.29 is 4.39 Å². The molecule has 1 nitrogen and oxygen atoms in total. The third-order valence-electron chi connectivity index (χ3n) is 3.64. The number of rotatable bonds is 5. The van der Waals surface area contributed by atoms with Gasteiger partial charge in [0.05, 0.1) is 6.04 Å². The number of halogens is 2. The summed E-state index contributed by atoms with van der Waals surface area (Å²) in [5, 5.41) is 3.53. The van der Waals surface area contributed by atoms with Crippen molar-refractivity contribution in [3.05, 3.63) is 68.9 Å². The average Bonchev–Trinajstić information content (AvgIpc) is 2.44. The molecule has 1 N–H and O–H groups in total. The number of hydrogen-bond donors (Lipinski definition) is 1. The van der Waals surface area contributed by atoms with Gasteiger partial charge in [0.2, 0.25) is 0 Å². The van der Waals surface area contributed by atoms with Crippen molar-refractivity contribution in [2.24, 2.45) is 0 Å². The third kappa shape index (κ3) is 3.92. The van der Waals surface area contributed by atoms with Crippen LogP contribution in [0.2, 0.25) is 0 Å². The largest absolute Gasteiger partial charge is 0.306 e. The molecule has 2 aromatic rings. The molecule has 2 aromatic carbocycles.